The maximum atomic E-state index is 12.9. The molecule has 9 N–H and O–H groups in total. The highest BCUT2D eigenvalue weighted by Crippen LogP contribution is 2.45. The minimum absolute atomic E-state index is 0.0143. The number of ether oxygens (including phenoxy) is 5. The fourth-order valence-electron chi connectivity index (χ4n) is 5.75. The van der Waals surface area contributed by atoms with Gasteiger partial charge in [-0.15, -0.1) is 0 Å². The van der Waals surface area contributed by atoms with Gasteiger partial charge < -0.3 is 69.6 Å². The number of ketones is 1. The van der Waals surface area contributed by atoms with Crippen LogP contribution < -0.4 is 9.47 Å². The number of aliphatic hydroxyl groups excluding tert-OH is 7. The van der Waals surface area contributed by atoms with E-state index in [1.165, 1.54) is 20.1 Å². The largest absolute Gasteiger partial charge is 0.506 e. The van der Waals surface area contributed by atoms with Crippen molar-refractivity contribution >= 4 is 16.6 Å². The third-order valence-corrected chi connectivity index (χ3v) is 8.04. The van der Waals surface area contributed by atoms with Crippen molar-refractivity contribution in [1.82, 2.24) is 0 Å². The second-order valence-corrected chi connectivity index (χ2v) is 11.4. The van der Waals surface area contributed by atoms with Crippen molar-refractivity contribution in [1.29, 1.82) is 0 Å². The molecule has 238 valence electrons. The van der Waals surface area contributed by atoms with Gasteiger partial charge in [0.2, 0.25) is 6.29 Å². The molecule has 2 heterocycles. The van der Waals surface area contributed by atoms with E-state index in [1.54, 1.807) is 12.1 Å². The number of rotatable bonds is 7. The Morgan fingerprint density at radius 1 is 0.884 bits per heavy atom. The predicted molar refractivity (Wildman–Crippen MR) is 142 cm³/mol. The molecule has 0 amide bonds. The number of phenolic OH excluding ortho intramolecular Hbond substituents is 1. The molecule has 0 radical (unpaired) electrons. The van der Waals surface area contributed by atoms with Crippen LogP contribution in [-0.4, -0.2) is 139 Å². The number of hydrogen-bond acceptors (Lipinski definition) is 15. The summed E-state index contributed by atoms with van der Waals surface area (Å²) in [5.74, 6) is -0.727. The number of methoxy groups -OCH3 is 1. The lowest BCUT2D eigenvalue weighted by molar-refractivity contribution is -0.323. The van der Waals surface area contributed by atoms with E-state index < -0.39 is 91.8 Å². The molecule has 2 aromatic carbocycles. The van der Waals surface area contributed by atoms with E-state index in [9.17, 15) is 50.8 Å². The highest BCUT2D eigenvalue weighted by atomic mass is 16.7. The summed E-state index contributed by atoms with van der Waals surface area (Å²) >= 11 is 0. The Morgan fingerprint density at radius 3 is 2.16 bits per heavy atom. The van der Waals surface area contributed by atoms with Crippen molar-refractivity contribution in [3.63, 3.8) is 0 Å². The number of carbonyl (C=O) groups is 1. The summed E-state index contributed by atoms with van der Waals surface area (Å²) < 4.78 is 27.7. The Balaban J connectivity index is 1.42. The highest BCUT2D eigenvalue weighted by Gasteiger charge is 2.48. The number of hydrogen-bond donors (Lipinski definition) is 9. The summed E-state index contributed by atoms with van der Waals surface area (Å²) in [6.07, 6.45) is -16.4. The molecular formula is C28H36O15. The monoisotopic (exact) mass is 612 g/mol. The second kappa shape index (κ2) is 12.0. The van der Waals surface area contributed by atoms with E-state index in [0.29, 0.717) is 10.9 Å². The van der Waals surface area contributed by atoms with E-state index in [0.717, 1.165) is 0 Å². The van der Waals surface area contributed by atoms with E-state index in [1.807, 2.05) is 0 Å². The summed E-state index contributed by atoms with van der Waals surface area (Å²) in [4.78, 5) is 12.9. The number of aromatic hydroxyl groups is 1. The zero-order chi connectivity index (χ0) is 31.4. The zero-order valence-electron chi connectivity index (χ0n) is 23.3. The summed E-state index contributed by atoms with van der Waals surface area (Å²) in [5.41, 5.74) is -0.865. The van der Waals surface area contributed by atoms with Crippen LogP contribution in [0.1, 0.15) is 29.3 Å². The first-order valence-corrected chi connectivity index (χ1v) is 13.7. The van der Waals surface area contributed by atoms with Gasteiger partial charge in [0.25, 0.3) is 0 Å². The first-order valence-electron chi connectivity index (χ1n) is 13.7. The molecule has 0 bridgehead atoms. The van der Waals surface area contributed by atoms with Crippen LogP contribution in [0.15, 0.2) is 18.2 Å². The molecule has 0 unspecified atom stereocenters. The van der Waals surface area contributed by atoms with Crippen molar-refractivity contribution in [3.8, 4) is 17.2 Å². The van der Waals surface area contributed by atoms with Crippen molar-refractivity contribution in [2.75, 3.05) is 20.3 Å². The van der Waals surface area contributed by atoms with Crippen molar-refractivity contribution in [2.24, 2.45) is 0 Å². The maximum absolute atomic E-state index is 12.9. The Kier molecular flexibility index (Phi) is 8.88. The molecule has 2 saturated heterocycles. The summed E-state index contributed by atoms with van der Waals surface area (Å²) in [5, 5.41) is 93.6. The summed E-state index contributed by atoms with van der Waals surface area (Å²) in [6.45, 7) is 0.262. The van der Waals surface area contributed by atoms with E-state index >= 15 is 0 Å². The van der Waals surface area contributed by atoms with Gasteiger partial charge in [0, 0.05) is 18.9 Å². The lowest BCUT2D eigenvalue weighted by Crippen LogP contribution is -2.62. The molecule has 43 heavy (non-hydrogen) atoms. The molecular weight excluding hydrogens is 576 g/mol. The molecule has 3 aliphatic rings. The van der Waals surface area contributed by atoms with Crippen LogP contribution >= 0.6 is 0 Å². The van der Waals surface area contributed by atoms with Gasteiger partial charge in [-0.25, -0.2) is 0 Å². The quantitative estimate of drug-likeness (QED) is 0.156. The molecule has 11 atom stereocenters. The van der Waals surface area contributed by atoms with Gasteiger partial charge in [0.05, 0.1) is 36.9 Å². The van der Waals surface area contributed by atoms with Gasteiger partial charge in [0.15, 0.2) is 12.1 Å². The van der Waals surface area contributed by atoms with Gasteiger partial charge in [-0.2, -0.15) is 0 Å². The smallest absolute Gasteiger partial charge is 0.229 e. The number of Topliss-reactive ketones (excluding diaryl/α,β-unsaturated/α-hetero) is 1. The number of phenols is 1. The summed E-state index contributed by atoms with van der Waals surface area (Å²) in [6, 6.07) is 4.55. The number of fused-ring (bicyclic) bond motifs is 2. The fourth-order valence-corrected chi connectivity index (χ4v) is 5.75. The maximum Gasteiger partial charge on any atom is 0.229 e. The molecule has 2 fully saturated rings. The van der Waals surface area contributed by atoms with E-state index in [-0.39, 0.29) is 35.3 Å². The van der Waals surface area contributed by atoms with E-state index in [2.05, 4.69) is 0 Å². The molecule has 15 heteroatoms. The third-order valence-electron chi connectivity index (χ3n) is 8.04. The van der Waals surface area contributed by atoms with Crippen LogP contribution in [0.4, 0.5) is 0 Å². The third kappa shape index (κ3) is 5.91. The van der Waals surface area contributed by atoms with Crippen LogP contribution in [0, 0.1) is 0 Å². The number of carbonyl (C=O) groups excluding carboxylic acids is 1. The van der Waals surface area contributed by atoms with Crippen LogP contribution in [0.25, 0.3) is 10.8 Å². The van der Waals surface area contributed by atoms with Gasteiger partial charge in [-0.1, -0.05) is 0 Å². The van der Waals surface area contributed by atoms with Gasteiger partial charge >= 0.3 is 0 Å². The van der Waals surface area contributed by atoms with Crippen LogP contribution in [0.5, 0.6) is 17.2 Å². The average Bonchev–Trinajstić information content (AvgIpc) is 2.95. The second-order valence-electron chi connectivity index (χ2n) is 11.4. The Morgan fingerprint density at radius 2 is 1.51 bits per heavy atom. The molecule has 2 aliphatic heterocycles. The molecule has 0 aromatic heterocycles. The normalized spacial score (nSPS) is 38.1. The number of benzene rings is 2. The lowest BCUT2D eigenvalue weighted by Gasteiger charge is -2.42. The first-order chi connectivity index (χ1) is 20.3. The molecule has 0 spiro atoms. The number of aliphatic hydroxyl groups is 8. The van der Waals surface area contributed by atoms with Crippen molar-refractivity contribution in [3.05, 3.63) is 29.3 Å². The average molecular weight is 613 g/mol. The molecule has 1 aliphatic carbocycles. The topological polar surface area (TPSA) is 245 Å². The van der Waals surface area contributed by atoms with Gasteiger partial charge in [0.1, 0.15) is 66.1 Å². The molecule has 0 saturated carbocycles. The standard InChI is InChI=1S/C28H36O15/c1-28(38)6-11-3-10-4-12(39-2)5-14(18(10)21(33)17(11)13(30)7-28)41-27-25(37)23(35)20(32)16(43-27)9-40-26-24(36)22(34)19(31)15(8-29)42-26/h3-5,15-16,19-20,22-27,29,31-38H,6-9H2,1-2H3/t15-,16-,19-,20-,22+,23+,24-,25-,26-,27-,28-/m1/s1. The van der Waals surface area contributed by atoms with Gasteiger partial charge in [-0.05, 0) is 30.0 Å². The minimum Gasteiger partial charge on any atom is -0.506 e. The molecule has 5 rings (SSSR count). The van der Waals surface area contributed by atoms with Crippen LogP contribution in [-0.2, 0) is 20.6 Å². The predicted octanol–water partition coefficient (Wildman–Crippen LogP) is -2.56. The highest BCUT2D eigenvalue weighted by molar-refractivity contribution is 6.09. The van der Waals surface area contributed by atoms with Gasteiger partial charge in [-0.3, -0.25) is 4.79 Å². The molecule has 15 nitrogen and oxygen atoms in total. The Labute approximate surface area is 245 Å². The Hall–Kier alpha value is -2.67. The Bertz CT molecular complexity index is 1350. The van der Waals surface area contributed by atoms with Crippen molar-refractivity contribution < 1.29 is 74.4 Å². The first kappa shape index (κ1) is 31.7. The minimum atomic E-state index is -1.82. The zero-order valence-corrected chi connectivity index (χ0v) is 23.3. The molecule has 2 aromatic rings. The fraction of sp³-hybridized carbons (Fsp3) is 0.607. The van der Waals surface area contributed by atoms with Crippen molar-refractivity contribution in [2.45, 2.75) is 86.8 Å². The van der Waals surface area contributed by atoms with Crippen LogP contribution in [0.2, 0.25) is 0 Å². The summed E-state index contributed by atoms with van der Waals surface area (Å²) in [7, 11) is 1.38. The lowest BCUT2D eigenvalue weighted by atomic mass is 9.79. The van der Waals surface area contributed by atoms with Crippen LogP contribution in [0.3, 0.4) is 0 Å². The van der Waals surface area contributed by atoms with E-state index in [4.69, 9.17) is 23.7 Å². The SMILES string of the molecule is COc1cc(O[C@@H]2O[C@H](CO[C@@H]3O[C@H](CO)[C@@H](O)[C@H](O)[C@H]3O)[C@@H](O)[C@H](O)[C@H]2O)c2c(O)c3c(cc2c1)C[C@@](C)(O)CC3=O.